The number of halogens is 1. The first-order valence-electron chi connectivity index (χ1n) is 9.37. The number of sulfonamides is 1. The number of methoxy groups -OCH3 is 1. The van der Waals surface area contributed by atoms with Crippen molar-refractivity contribution in [1.82, 2.24) is 8.68 Å². The van der Waals surface area contributed by atoms with Crippen molar-refractivity contribution in [1.29, 1.82) is 0 Å². The van der Waals surface area contributed by atoms with E-state index < -0.39 is 21.8 Å². The van der Waals surface area contributed by atoms with Crippen LogP contribution < -0.4 is 10.1 Å². The summed E-state index contributed by atoms with van der Waals surface area (Å²) in [4.78, 5) is 12.6. The number of piperidine rings is 1. The van der Waals surface area contributed by atoms with Crippen LogP contribution in [0.15, 0.2) is 47.5 Å². The molecule has 0 spiro atoms. The number of fused-ring (bicyclic) bond motifs is 1. The number of benzene rings is 2. The van der Waals surface area contributed by atoms with Gasteiger partial charge in [0.1, 0.15) is 16.5 Å². The molecule has 1 aromatic heterocycles. The van der Waals surface area contributed by atoms with E-state index in [0.29, 0.717) is 18.5 Å². The average molecular weight is 450 g/mol. The average Bonchev–Trinajstić information content (AvgIpc) is 3.21. The summed E-state index contributed by atoms with van der Waals surface area (Å²) in [5, 5.41) is 3.80. The van der Waals surface area contributed by atoms with Crippen LogP contribution >= 0.6 is 11.5 Å². The van der Waals surface area contributed by atoms with Crippen molar-refractivity contribution in [3.8, 4) is 5.75 Å². The number of nitrogens with one attached hydrogen (secondary N) is 1. The fraction of sp³-hybridized carbons (Fsp3) is 0.300. The largest absolute Gasteiger partial charge is 0.495 e. The number of anilines is 1. The number of amides is 1. The van der Waals surface area contributed by atoms with Gasteiger partial charge in [0.25, 0.3) is 0 Å². The molecule has 2 aromatic carbocycles. The summed E-state index contributed by atoms with van der Waals surface area (Å²) in [7, 11) is -2.67. The van der Waals surface area contributed by atoms with Crippen LogP contribution in [0.25, 0.3) is 10.1 Å². The number of ether oxygens (including phenoxy) is 1. The SMILES string of the molecule is COc1ccc(F)cc1S(=O)(=O)N1CCC[C@H](C(=O)Nc2ccc3sncc3c2)C1. The molecule has 30 heavy (non-hydrogen) atoms. The molecule has 0 saturated carbocycles. The molecule has 3 aromatic rings. The monoisotopic (exact) mass is 449 g/mol. The summed E-state index contributed by atoms with van der Waals surface area (Å²) < 4.78 is 51.4. The molecular weight excluding hydrogens is 429 g/mol. The highest BCUT2D eigenvalue weighted by Crippen LogP contribution is 2.31. The Morgan fingerprint density at radius 3 is 2.93 bits per heavy atom. The summed E-state index contributed by atoms with van der Waals surface area (Å²) in [5.41, 5.74) is 0.638. The summed E-state index contributed by atoms with van der Waals surface area (Å²) in [5.74, 6) is -1.35. The maximum Gasteiger partial charge on any atom is 0.246 e. The lowest BCUT2D eigenvalue weighted by molar-refractivity contribution is -0.120. The van der Waals surface area contributed by atoms with Crippen LogP contribution in [-0.2, 0) is 14.8 Å². The summed E-state index contributed by atoms with van der Waals surface area (Å²) in [6.07, 6.45) is 2.83. The van der Waals surface area contributed by atoms with Crippen molar-refractivity contribution >= 4 is 43.2 Å². The molecule has 1 aliphatic rings. The molecular formula is C20H20FN3O4S2. The molecule has 158 valence electrons. The van der Waals surface area contributed by atoms with E-state index in [2.05, 4.69) is 9.69 Å². The Morgan fingerprint density at radius 1 is 1.30 bits per heavy atom. The predicted molar refractivity (Wildman–Crippen MR) is 113 cm³/mol. The highest BCUT2D eigenvalue weighted by Gasteiger charge is 2.35. The van der Waals surface area contributed by atoms with Crippen LogP contribution in [0, 0.1) is 11.7 Å². The fourth-order valence-corrected chi connectivity index (χ4v) is 5.88. The van der Waals surface area contributed by atoms with Gasteiger partial charge in [0.2, 0.25) is 15.9 Å². The van der Waals surface area contributed by atoms with Crippen molar-refractivity contribution in [3.05, 3.63) is 48.4 Å². The molecule has 2 heterocycles. The lowest BCUT2D eigenvalue weighted by Crippen LogP contribution is -2.43. The van der Waals surface area contributed by atoms with Crippen molar-refractivity contribution < 1.29 is 22.3 Å². The number of rotatable bonds is 5. The lowest BCUT2D eigenvalue weighted by atomic mass is 9.98. The van der Waals surface area contributed by atoms with Gasteiger partial charge in [-0.3, -0.25) is 4.79 Å². The fourth-order valence-electron chi connectivity index (χ4n) is 3.56. The Labute approximate surface area is 177 Å². The Balaban J connectivity index is 1.52. The van der Waals surface area contributed by atoms with E-state index in [9.17, 15) is 17.6 Å². The van der Waals surface area contributed by atoms with Gasteiger partial charge in [-0.25, -0.2) is 12.8 Å². The molecule has 0 bridgehead atoms. The molecule has 1 aliphatic heterocycles. The number of hydrogen-bond acceptors (Lipinski definition) is 6. The van der Waals surface area contributed by atoms with Gasteiger partial charge in [0, 0.05) is 30.4 Å². The summed E-state index contributed by atoms with van der Waals surface area (Å²) in [6, 6.07) is 8.90. The van der Waals surface area contributed by atoms with E-state index in [1.165, 1.54) is 29.0 Å². The minimum atomic E-state index is -4.01. The van der Waals surface area contributed by atoms with E-state index in [1.807, 2.05) is 12.1 Å². The van der Waals surface area contributed by atoms with Crippen LogP contribution in [0.1, 0.15) is 12.8 Å². The molecule has 0 unspecified atom stereocenters. The number of aromatic nitrogens is 1. The third kappa shape index (κ3) is 4.03. The Hall–Kier alpha value is -2.56. The van der Waals surface area contributed by atoms with E-state index in [0.717, 1.165) is 22.2 Å². The zero-order valence-corrected chi connectivity index (χ0v) is 17.8. The highest BCUT2D eigenvalue weighted by atomic mass is 32.2. The first-order valence-corrected chi connectivity index (χ1v) is 11.6. The number of carbonyl (C=O) groups is 1. The van der Waals surface area contributed by atoms with Gasteiger partial charge in [-0.05, 0) is 60.8 Å². The zero-order chi connectivity index (χ0) is 21.3. The maximum atomic E-state index is 13.7. The third-order valence-electron chi connectivity index (χ3n) is 5.12. The van der Waals surface area contributed by atoms with Crippen LogP contribution in [-0.4, -0.2) is 43.2 Å². The van der Waals surface area contributed by atoms with Crippen LogP contribution in [0.3, 0.4) is 0 Å². The topological polar surface area (TPSA) is 88.6 Å². The Kier molecular flexibility index (Phi) is 5.72. The molecule has 10 heteroatoms. The first-order chi connectivity index (χ1) is 14.4. The molecule has 0 radical (unpaired) electrons. The van der Waals surface area contributed by atoms with E-state index >= 15 is 0 Å². The van der Waals surface area contributed by atoms with Crippen LogP contribution in [0.2, 0.25) is 0 Å². The smallest absolute Gasteiger partial charge is 0.246 e. The summed E-state index contributed by atoms with van der Waals surface area (Å²) in [6.45, 7) is 0.286. The zero-order valence-electron chi connectivity index (χ0n) is 16.2. The first kappa shape index (κ1) is 20.7. The minimum Gasteiger partial charge on any atom is -0.495 e. The number of carbonyl (C=O) groups excluding carboxylic acids is 1. The second-order valence-electron chi connectivity index (χ2n) is 7.07. The van der Waals surface area contributed by atoms with Gasteiger partial charge >= 0.3 is 0 Å². The molecule has 1 amide bonds. The van der Waals surface area contributed by atoms with Crippen molar-refractivity contribution in [2.24, 2.45) is 5.92 Å². The predicted octanol–water partition coefficient (Wildman–Crippen LogP) is 3.48. The minimum absolute atomic E-state index is 0.0239. The maximum absolute atomic E-state index is 13.7. The van der Waals surface area contributed by atoms with E-state index in [-0.39, 0.29) is 29.6 Å². The molecule has 1 N–H and O–H groups in total. The number of nitrogens with zero attached hydrogens (tertiary/aromatic N) is 2. The van der Waals surface area contributed by atoms with Crippen LogP contribution in [0.5, 0.6) is 5.75 Å². The normalized spacial score (nSPS) is 17.7. The van der Waals surface area contributed by atoms with Gasteiger partial charge < -0.3 is 10.1 Å². The Bertz CT molecular complexity index is 1200. The second-order valence-corrected chi connectivity index (χ2v) is 9.80. The van der Waals surface area contributed by atoms with Gasteiger partial charge in [0.05, 0.1) is 17.7 Å². The second kappa shape index (κ2) is 8.29. The molecule has 1 atom stereocenters. The quantitative estimate of drug-likeness (QED) is 0.644. The third-order valence-corrected chi connectivity index (χ3v) is 7.78. The van der Waals surface area contributed by atoms with Gasteiger partial charge in [-0.1, -0.05) is 0 Å². The molecule has 1 saturated heterocycles. The van der Waals surface area contributed by atoms with E-state index in [1.54, 1.807) is 12.3 Å². The van der Waals surface area contributed by atoms with Gasteiger partial charge in [0.15, 0.2) is 0 Å². The van der Waals surface area contributed by atoms with Crippen molar-refractivity contribution in [3.63, 3.8) is 0 Å². The van der Waals surface area contributed by atoms with Crippen molar-refractivity contribution in [2.75, 3.05) is 25.5 Å². The van der Waals surface area contributed by atoms with Gasteiger partial charge in [-0.2, -0.15) is 8.68 Å². The molecule has 1 fully saturated rings. The van der Waals surface area contributed by atoms with Crippen LogP contribution in [0.4, 0.5) is 10.1 Å². The number of hydrogen-bond donors (Lipinski definition) is 1. The lowest BCUT2D eigenvalue weighted by Gasteiger charge is -2.31. The standard InChI is InChI=1S/C20H20FN3O4S2/c1-28-17-6-4-15(21)10-19(17)30(26,27)24-8-2-3-13(12-24)20(25)23-16-5-7-18-14(9-16)11-22-29-18/h4-7,9-11,13H,2-3,8,12H2,1H3,(H,23,25)/t13-/m0/s1. The summed E-state index contributed by atoms with van der Waals surface area (Å²) >= 11 is 1.37. The molecule has 0 aliphatic carbocycles. The Morgan fingerprint density at radius 2 is 2.13 bits per heavy atom. The molecule has 4 rings (SSSR count). The van der Waals surface area contributed by atoms with E-state index in [4.69, 9.17) is 4.74 Å². The van der Waals surface area contributed by atoms with Gasteiger partial charge in [-0.15, -0.1) is 0 Å². The molecule has 7 nitrogen and oxygen atoms in total. The van der Waals surface area contributed by atoms with Crippen molar-refractivity contribution in [2.45, 2.75) is 17.7 Å². The highest BCUT2D eigenvalue weighted by molar-refractivity contribution is 7.89.